The van der Waals surface area contributed by atoms with Crippen molar-refractivity contribution in [2.24, 2.45) is 0 Å². The monoisotopic (exact) mass is 282 g/mol. The smallest absolute Gasteiger partial charge is 0.132 e. The van der Waals surface area contributed by atoms with Gasteiger partial charge in [-0.25, -0.2) is 8.78 Å². The van der Waals surface area contributed by atoms with Gasteiger partial charge >= 0.3 is 0 Å². The molecule has 1 atom stereocenters. The fourth-order valence-electron chi connectivity index (χ4n) is 2.02. The highest BCUT2D eigenvalue weighted by Crippen LogP contribution is 2.28. The third-order valence-corrected chi connectivity index (χ3v) is 3.22. The molecule has 0 radical (unpaired) electrons. The standard InChI is InChI=1S/C15H13ClF2O/c1-15(19,9-10-2-4-11(16)5-3-10)13-7-6-12(17)8-14(13)18/h2-8,19H,9H2,1H3. The van der Waals surface area contributed by atoms with Gasteiger partial charge in [0.15, 0.2) is 0 Å². The maximum absolute atomic E-state index is 13.7. The van der Waals surface area contributed by atoms with E-state index in [1.165, 1.54) is 13.0 Å². The predicted octanol–water partition coefficient (Wildman–Crippen LogP) is 4.07. The van der Waals surface area contributed by atoms with Crippen LogP contribution in [0.15, 0.2) is 42.5 Å². The fourth-order valence-corrected chi connectivity index (χ4v) is 2.15. The van der Waals surface area contributed by atoms with Crippen LogP contribution >= 0.6 is 11.6 Å². The van der Waals surface area contributed by atoms with Gasteiger partial charge in [0, 0.05) is 23.1 Å². The SMILES string of the molecule is CC(O)(Cc1ccc(Cl)cc1)c1ccc(F)cc1F. The Kier molecular flexibility index (Phi) is 3.88. The summed E-state index contributed by atoms with van der Waals surface area (Å²) >= 11 is 5.78. The van der Waals surface area contributed by atoms with Crippen LogP contribution in [0.3, 0.4) is 0 Å². The van der Waals surface area contributed by atoms with E-state index in [0.29, 0.717) is 5.02 Å². The molecule has 1 nitrogen and oxygen atoms in total. The van der Waals surface area contributed by atoms with Crippen LogP contribution in [0.2, 0.25) is 5.02 Å². The van der Waals surface area contributed by atoms with Crippen molar-refractivity contribution in [3.05, 3.63) is 70.2 Å². The summed E-state index contributed by atoms with van der Waals surface area (Å²) < 4.78 is 26.6. The molecule has 0 bridgehead atoms. The number of benzene rings is 2. The molecular weight excluding hydrogens is 270 g/mol. The minimum absolute atomic E-state index is 0.0730. The molecule has 0 spiro atoms. The first-order valence-electron chi connectivity index (χ1n) is 5.81. The summed E-state index contributed by atoms with van der Waals surface area (Å²) in [6.07, 6.45) is 0.215. The second-order valence-electron chi connectivity index (χ2n) is 4.70. The molecule has 1 unspecified atom stereocenters. The highest BCUT2D eigenvalue weighted by molar-refractivity contribution is 6.30. The summed E-state index contributed by atoms with van der Waals surface area (Å²) in [5, 5.41) is 11.0. The van der Waals surface area contributed by atoms with Crippen LogP contribution in [-0.4, -0.2) is 5.11 Å². The van der Waals surface area contributed by atoms with Gasteiger partial charge in [0.1, 0.15) is 11.6 Å². The third kappa shape index (κ3) is 3.31. The zero-order chi connectivity index (χ0) is 14.0. The molecular formula is C15H13ClF2O. The lowest BCUT2D eigenvalue weighted by molar-refractivity contribution is 0.0537. The third-order valence-electron chi connectivity index (χ3n) is 2.97. The van der Waals surface area contributed by atoms with Gasteiger partial charge in [-0.1, -0.05) is 29.8 Å². The molecule has 0 aromatic heterocycles. The Morgan fingerprint density at radius 3 is 2.32 bits per heavy atom. The molecule has 0 saturated heterocycles. The minimum Gasteiger partial charge on any atom is -0.385 e. The average Bonchev–Trinajstić information content (AvgIpc) is 2.31. The van der Waals surface area contributed by atoms with Crippen LogP contribution in [0.25, 0.3) is 0 Å². The predicted molar refractivity (Wildman–Crippen MR) is 71.1 cm³/mol. The van der Waals surface area contributed by atoms with Crippen molar-refractivity contribution >= 4 is 11.6 Å². The highest BCUT2D eigenvalue weighted by atomic mass is 35.5. The Bertz CT molecular complexity index is 579. The van der Waals surface area contributed by atoms with E-state index in [1.807, 2.05) is 0 Å². The van der Waals surface area contributed by atoms with Crippen LogP contribution in [0, 0.1) is 11.6 Å². The first-order valence-corrected chi connectivity index (χ1v) is 6.19. The lowest BCUT2D eigenvalue weighted by Crippen LogP contribution is -2.25. The number of hydrogen-bond donors (Lipinski definition) is 1. The van der Waals surface area contributed by atoms with E-state index in [1.54, 1.807) is 24.3 Å². The van der Waals surface area contributed by atoms with Crippen molar-refractivity contribution in [3.8, 4) is 0 Å². The van der Waals surface area contributed by atoms with Crippen molar-refractivity contribution in [2.75, 3.05) is 0 Å². The molecule has 1 N–H and O–H groups in total. The summed E-state index contributed by atoms with van der Waals surface area (Å²) in [5.41, 5.74) is -0.520. The molecule has 100 valence electrons. The number of hydrogen-bond acceptors (Lipinski definition) is 1. The summed E-state index contributed by atoms with van der Waals surface area (Å²) in [4.78, 5) is 0. The van der Waals surface area contributed by atoms with Crippen LogP contribution in [0.1, 0.15) is 18.1 Å². The van der Waals surface area contributed by atoms with E-state index >= 15 is 0 Å². The van der Waals surface area contributed by atoms with Crippen molar-refractivity contribution in [2.45, 2.75) is 18.9 Å². The van der Waals surface area contributed by atoms with Crippen LogP contribution in [-0.2, 0) is 12.0 Å². The molecule has 0 saturated carbocycles. The molecule has 0 heterocycles. The normalized spacial score (nSPS) is 14.2. The second-order valence-corrected chi connectivity index (χ2v) is 5.14. The molecule has 0 aliphatic rings. The van der Waals surface area contributed by atoms with E-state index in [0.717, 1.165) is 17.7 Å². The zero-order valence-electron chi connectivity index (χ0n) is 10.3. The van der Waals surface area contributed by atoms with Gasteiger partial charge in [0.05, 0.1) is 5.60 Å². The van der Waals surface area contributed by atoms with Gasteiger partial charge < -0.3 is 5.11 Å². The van der Waals surface area contributed by atoms with Crippen LogP contribution in [0.5, 0.6) is 0 Å². The maximum atomic E-state index is 13.7. The van der Waals surface area contributed by atoms with Crippen LogP contribution in [0.4, 0.5) is 8.78 Å². The summed E-state index contributed by atoms with van der Waals surface area (Å²) in [7, 11) is 0. The van der Waals surface area contributed by atoms with Crippen molar-refractivity contribution < 1.29 is 13.9 Å². The number of aliphatic hydroxyl groups is 1. The molecule has 2 aromatic carbocycles. The Balaban J connectivity index is 2.29. The molecule has 0 aliphatic carbocycles. The average molecular weight is 283 g/mol. The molecule has 0 fully saturated rings. The highest BCUT2D eigenvalue weighted by Gasteiger charge is 2.27. The largest absolute Gasteiger partial charge is 0.385 e. The quantitative estimate of drug-likeness (QED) is 0.900. The van der Waals surface area contributed by atoms with Crippen molar-refractivity contribution in [1.82, 2.24) is 0 Å². The molecule has 2 aromatic rings. The Morgan fingerprint density at radius 1 is 1.11 bits per heavy atom. The summed E-state index contributed by atoms with van der Waals surface area (Å²) in [6, 6.07) is 10.1. The van der Waals surface area contributed by atoms with Crippen molar-refractivity contribution in [3.63, 3.8) is 0 Å². The fraction of sp³-hybridized carbons (Fsp3) is 0.200. The summed E-state index contributed by atoms with van der Waals surface area (Å²) in [6.45, 7) is 1.50. The zero-order valence-corrected chi connectivity index (χ0v) is 11.1. The first kappa shape index (κ1) is 14.0. The van der Waals surface area contributed by atoms with Crippen molar-refractivity contribution in [1.29, 1.82) is 0 Å². The van der Waals surface area contributed by atoms with Gasteiger partial charge in [-0.15, -0.1) is 0 Å². The van der Waals surface area contributed by atoms with E-state index in [9.17, 15) is 13.9 Å². The lowest BCUT2D eigenvalue weighted by Gasteiger charge is -2.24. The molecule has 0 amide bonds. The van der Waals surface area contributed by atoms with E-state index in [4.69, 9.17) is 11.6 Å². The van der Waals surface area contributed by atoms with Crippen LogP contribution < -0.4 is 0 Å². The summed E-state index contributed by atoms with van der Waals surface area (Å²) in [5.74, 6) is -1.41. The minimum atomic E-state index is -1.41. The van der Waals surface area contributed by atoms with E-state index in [-0.39, 0.29) is 12.0 Å². The molecule has 2 rings (SSSR count). The van der Waals surface area contributed by atoms with Gasteiger partial charge in [-0.05, 0) is 30.7 Å². The Morgan fingerprint density at radius 2 is 1.74 bits per heavy atom. The lowest BCUT2D eigenvalue weighted by atomic mass is 9.89. The molecule has 19 heavy (non-hydrogen) atoms. The Labute approximate surface area is 115 Å². The van der Waals surface area contributed by atoms with Gasteiger partial charge in [-0.2, -0.15) is 0 Å². The topological polar surface area (TPSA) is 20.2 Å². The number of halogens is 3. The van der Waals surface area contributed by atoms with Gasteiger partial charge in [-0.3, -0.25) is 0 Å². The molecule has 4 heteroatoms. The maximum Gasteiger partial charge on any atom is 0.132 e. The first-order chi connectivity index (χ1) is 8.88. The van der Waals surface area contributed by atoms with Gasteiger partial charge in [0.25, 0.3) is 0 Å². The molecule has 0 aliphatic heterocycles. The van der Waals surface area contributed by atoms with E-state index < -0.39 is 17.2 Å². The Hall–Kier alpha value is -1.45. The number of rotatable bonds is 3. The second kappa shape index (κ2) is 5.27. The van der Waals surface area contributed by atoms with E-state index in [2.05, 4.69) is 0 Å². The van der Waals surface area contributed by atoms with Gasteiger partial charge in [0.2, 0.25) is 0 Å².